The largest absolute Gasteiger partial charge is 0.390 e. The van der Waals surface area contributed by atoms with E-state index >= 15 is 0 Å². The molecule has 12 nitrogen and oxygen atoms in total. The number of imidazole rings is 1. The van der Waals surface area contributed by atoms with Crippen LogP contribution in [0.15, 0.2) is 12.5 Å². The van der Waals surface area contributed by atoms with Crippen LogP contribution in [0, 0.1) is 0 Å². The number of aromatic amines is 1. The van der Waals surface area contributed by atoms with Crippen LogP contribution in [0.3, 0.4) is 0 Å². The molecule has 176 valence electrons. The van der Waals surface area contributed by atoms with E-state index in [1.165, 1.54) is 0 Å². The highest BCUT2D eigenvalue weighted by Crippen LogP contribution is 2.46. The summed E-state index contributed by atoms with van der Waals surface area (Å²) in [7, 11) is 3.28. The van der Waals surface area contributed by atoms with Gasteiger partial charge in [-0.15, -0.1) is 0 Å². The van der Waals surface area contributed by atoms with Crippen LogP contribution in [0.1, 0.15) is 19.0 Å². The van der Waals surface area contributed by atoms with Crippen LogP contribution in [-0.2, 0) is 20.8 Å². The molecule has 31 heavy (non-hydrogen) atoms. The summed E-state index contributed by atoms with van der Waals surface area (Å²) in [6, 6.07) is -1.35. The Bertz CT molecular complexity index is 741. The number of aromatic nitrogens is 2. The summed E-state index contributed by atoms with van der Waals surface area (Å²) in [5, 5.41) is 53.6. The Kier molecular flexibility index (Phi) is 6.40. The monoisotopic (exact) mass is 443 g/mol. The Morgan fingerprint density at radius 3 is 2.52 bits per heavy atom. The maximum atomic E-state index is 11.5. The van der Waals surface area contributed by atoms with Crippen LogP contribution >= 0.6 is 0 Å². The molecular formula is C19H33N5O7. The van der Waals surface area contributed by atoms with E-state index in [0.29, 0.717) is 6.54 Å². The molecule has 3 heterocycles. The van der Waals surface area contributed by atoms with Crippen LogP contribution in [0.25, 0.3) is 0 Å². The second-order valence-corrected chi connectivity index (χ2v) is 8.68. The number of likely N-dealkylation sites (N-methyl/N-ethyl adjacent to an activating group) is 2. The molecular weight excluding hydrogens is 410 g/mol. The molecule has 4 rings (SSSR count). The van der Waals surface area contributed by atoms with Crippen LogP contribution in [0.5, 0.6) is 0 Å². The normalized spacial score (nSPS) is 47.6. The van der Waals surface area contributed by atoms with Crippen molar-refractivity contribution in [2.75, 3.05) is 20.6 Å². The molecule has 0 spiro atoms. The molecule has 0 amide bonds. The molecule has 0 bridgehead atoms. The Morgan fingerprint density at radius 1 is 1.13 bits per heavy atom. The lowest BCUT2D eigenvalue weighted by atomic mass is 9.77. The number of fused-ring (bicyclic) bond motifs is 2. The Morgan fingerprint density at radius 2 is 1.87 bits per heavy atom. The van der Waals surface area contributed by atoms with E-state index in [2.05, 4.69) is 25.9 Å². The predicted octanol–water partition coefficient (Wildman–Crippen LogP) is -3.25. The Hall–Kier alpha value is -1.19. The fourth-order valence-corrected chi connectivity index (χ4v) is 5.01. The van der Waals surface area contributed by atoms with Crippen molar-refractivity contribution in [1.29, 1.82) is 0 Å². The average Bonchev–Trinajstić information content (AvgIpc) is 3.22. The van der Waals surface area contributed by atoms with Gasteiger partial charge in [-0.25, -0.2) is 4.98 Å². The maximum Gasteiger partial charge on any atom is 0.249 e. The molecule has 1 aromatic heterocycles. The van der Waals surface area contributed by atoms with Crippen molar-refractivity contribution >= 4 is 0 Å². The van der Waals surface area contributed by atoms with Crippen molar-refractivity contribution in [3.8, 4) is 0 Å². The summed E-state index contributed by atoms with van der Waals surface area (Å²) in [6.07, 6.45) is -2.42. The first-order valence-corrected chi connectivity index (χ1v) is 10.6. The zero-order chi connectivity index (χ0) is 22.4. The second-order valence-electron chi connectivity index (χ2n) is 8.68. The summed E-state index contributed by atoms with van der Waals surface area (Å²) < 4.78 is 17.8. The summed E-state index contributed by atoms with van der Waals surface area (Å²) >= 11 is 0. The topological polar surface area (TPSA) is 173 Å². The molecule has 2 aliphatic heterocycles. The van der Waals surface area contributed by atoms with E-state index in [-0.39, 0.29) is 13.0 Å². The van der Waals surface area contributed by atoms with Crippen molar-refractivity contribution in [1.82, 2.24) is 25.9 Å². The van der Waals surface area contributed by atoms with Crippen molar-refractivity contribution in [3.63, 3.8) is 0 Å². The third-order valence-electron chi connectivity index (χ3n) is 6.64. The van der Waals surface area contributed by atoms with E-state index in [0.717, 1.165) is 5.69 Å². The Labute approximate surface area is 180 Å². The summed E-state index contributed by atoms with van der Waals surface area (Å²) in [6.45, 7) is 2.15. The quantitative estimate of drug-likeness (QED) is 0.222. The van der Waals surface area contributed by atoms with Crippen LogP contribution < -0.4 is 16.0 Å². The number of hydrogen-bond donors (Lipinski definition) is 8. The van der Waals surface area contributed by atoms with Crippen molar-refractivity contribution < 1.29 is 34.6 Å². The molecule has 3 aliphatic rings. The number of nitrogens with one attached hydrogen (secondary N) is 4. The molecule has 0 unspecified atom stereocenters. The molecule has 8 N–H and O–H groups in total. The predicted molar refractivity (Wildman–Crippen MR) is 107 cm³/mol. The molecule has 1 aromatic rings. The molecule has 0 aromatic carbocycles. The molecule has 1 saturated carbocycles. The number of aliphatic hydroxyl groups is 4. The fraction of sp³-hybridized carbons (Fsp3) is 0.842. The van der Waals surface area contributed by atoms with Crippen LogP contribution in [0.4, 0.5) is 0 Å². The number of hydrogen-bond acceptors (Lipinski definition) is 11. The summed E-state index contributed by atoms with van der Waals surface area (Å²) in [5.41, 5.74) is -0.936. The van der Waals surface area contributed by atoms with Crippen molar-refractivity contribution in [3.05, 3.63) is 18.2 Å². The van der Waals surface area contributed by atoms with E-state index in [1.807, 2.05) is 0 Å². The number of nitrogens with zero attached hydrogens (tertiary/aromatic N) is 1. The highest BCUT2D eigenvalue weighted by Gasteiger charge is 2.68. The lowest BCUT2D eigenvalue weighted by Crippen LogP contribution is -2.81. The van der Waals surface area contributed by atoms with E-state index in [9.17, 15) is 20.4 Å². The first kappa shape index (κ1) is 23.0. The molecule has 3 fully saturated rings. The van der Waals surface area contributed by atoms with E-state index in [4.69, 9.17) is 14.2 Å². The van der Waals surface area contributed by atoms with Gasteiger partial charge in [-0.1, -0.05) is 0 Å². The van der Waals surface area contributed by atoms with Gasteiger partial charge in [0.2, 0.25) is 12.1 Å². The van der Waals surface area contributed by atoms with Gasteiger partial charge in [-0.05, 0) is 21.0 Å². The van der Waals surface area contributed by atoms with E-state index < -0.39 is 60.3 Å². The third kappa shape index (κ3) is 3.80. The lowest BCUT2D eigenvalue weighted by molar-refractivity contribution is -0.482. The zero-order valence-corrected chi connectivity index (χ0v) is 17.9. The summed E-state index contributed by atoms with van der Waals surface area (Å²) in [5.74, 6) is -2.22. The van der Waals surface area contributed by atoms with Gasteiger partial charge in [-0.2, -0.15) is 0 Å². The lowest BCUT2D eigenvalue weighted by Gasteiger charge is -2.60. The van der Waals surface area contributed by atoms with Gasteiger partial charge in [0.25, 0.3) is 0 Å². The number of ether oxygens (including phenoxy) is 3. The van der Waals surface area contributed by atoms with E-state index in [1.54, 1.807) is 33.5 Å². The maximum absolute atomic E-state index is 11.5. The van der Waals surface area contributed by atoms with Gasteiger partial charge in [0.05, 0.1) is 30.6 Å². The molecule has 10 atom stereocenters. The van der Waals surface area contributed by atoms with Gasteiger partial charge in [0.1, 0.15) is 23.9 Å². The number of rotatable bonds is 6. The standard InChI is InChI=1S/C19H33N5O7/c1-9-4-18(27,7-22-5-10-6-23-8-24-10)19(28)17(29-9)30-16-14(26)11(20-2)13(25)12(21-3)15(16)31-19/h6,8-9,11-17,20-22,25-28H,4-5,7H2,1-3H3,(H,23,24)/t9-,11-,12+,13+,14+,15-,16-,17+,18-,19-/m1/s1. The van der Waals surface area contributed by atoms with Gasteiger partial charge in [0, 0.05) is 31.4 Å². The smallest absolute Gasteiger partial charge is 0.249 e. The van der Waals surface area contributed by atoms with Gasteiger partial charge in [0.15, 0.2) is 0 Å². The SMILES string of the molecule is CN[C@@H]1[C@H](O)[C@H](NC)[C@H]2O[C@]3(O)[C@H](O[C@@H]2[C@H]1O)O[C@H](C)C[C@@]3(O)CNCc1cnc[nH]1. The molecule has 2 saturated heterocycles. The number of H-pyrrole nitrogens is 1. The van der Waals surface area contributed by atoms with Crippen molar-refractivity contribution in [2.45, 2.75) is 80.2 Å². The first-order chi connectivity index (χ1) is 14.7. The average molecular weight is 444 g/mol. The first-order valence-electron chi connectivity index (χ1n) is 10.6. The Balaban J connectivity index is 1.58. The van der Waals surface area contributed by atoms with Crippen LogP contribution in [0.2, 0.25) is 0 Å². The van der Waals surface area contributed by atoms with Gasteiger partial charge < -0.3 is 55.6 Å². The highest BCUT2D eigenvalue weighted by molar-refractivity contribution is 5.12. The van der Waals surface area contributed by atoms with Crippen LogP contribution in [-0.4, -0.2) is 111 Å². The second kappa shape index (κ2) is 8.63. The minimum atomic E-state index is -2.22. The molecule has 12 heteroatoms. The van der Waals surface area contributed by atoms with Gasteiger partial charge in [-0.3, -0.25) is 0 Å². The van der Waals surface area contributed by atoms with Crippen molar-refractivity contribution in [2.24, 2.45) is 0 Å². The fourth-order valence-electron chi connectivity index (χ4n) is 5.01. The summed E-state index contributed by atoms with van der Waals surface area (Å²) in [4.78, 5) is 6.92. The minimum absolute atomic E-state index is 0.0120. The zero-order valence-electron chi connectivity index (χ0n) is 17.9. The number of aliphatic hydroxyl groups excluding tert-OH is 2. The molecule has 1 aliphatic carbocycles. The minimum Gasteiger partial charge on any atom is -0.390 e. The third-order valence-corrected chi connectivity index (χ3v) is 6.64. The highest BCUT2D eigenvalue weighted by atomic mass is 16.8. The molecule has 0 radical (unpaired) electrons. The van der Waals surface area contributed by atoms with Gasteiger partial charge >= 0.3 is 0 Å².